The third-order valence-corrected chi connectivity index (χ3v) is 6.57. The van der Waals surface area contributed by atoms with E-state index in [1.165, 1.54) is 11.8 Å². The Labute approximate surface area is 213 Å². The average Bonchev–Trinajstić information content (AvgIpc) is 3.34. The van der Waals surface area contributed by atoms with E-state index in [1.54, 1.807) is 17.8 Å². The lowest BCUT2D eigenvalue weighted by atomic mass is 9.89. The molecule has 196 valence electrons. The summed E-state index contributed by atoms with van der Waals surface area (Å²) >= 11 is 0. The molecule has 0 saturated carbocycles. The van der Waals surface area contributed by atoms with Crippen LogP contribution in [0.15, 0.2) is 42.7 Å². The van der Waals surface area contributed by atoms with Gasteiger partial charge in [0, 0.05) is 25.0 Å². The number of aryl methyl sites for hydroxylation is 1. The van der Waals surface area contributed by atoms with E-state index in [1.807, 2.05) is 37.4 Å². The van der Waals surface area contributed by atoms with Crippen LogP contribution in [0.3, 0.4) is 0 Å². The Morgan fingerprint density at radius 1 is 1.14 bits per heavy atom. The second-order valence-corrected chi connectivity index (χ2v) is 9.15. The number of likely N-dealkylation sites (tertiary alicyclic amines) is 1. The first kappa shape index (κ1) is 26.2. The van der Waals surface area contributed by atoms with Gasteiger partial charge < -0.3 is 15.0 Å². The van der Waals surface area contributed by atoms with Crippen LogP contribution in [0.5, 0.6) is 5.75 Å². The Balaban J connectivity index is 1.36. The van der Waals surface area contributed by atoms with Crippen molar-refractivity contribution in [2.45, 2.75) is 45.6 Å². The molecule has 4 rings (SSSR count). The number of halogens is 3. The highest BCUT2D eigenvalue weighted by Gasteiger charge is 2.30. The average molecular weight is 515 g/mol. The number of rotatable bonds is 7. The summed E-state index contributed by atoms with van der Waals surface area (Å²) in [5.41, 5.74) is 2.15. The summed E-state index contributed by atoms with van der Waals surface area (Å²) in [5, 5.41) is 7.07. The van der Waals surface area contributed by atoms with Crippen LogP contribution in [-0.4, -0.2) is 46.2 Å². The Morgan fingerprint density at radius 3 is 2.41 bits per heavy atom. The van der Waals surface area contributed by atoms with Gasteiger partial charge in [-0.05, 0) is 68.9 Å². The molecular formula is C27H29F3N4O3. The molecule has 1 fully saturated rings. The second-order valence-electron chi connectivity index (χ2n) is 9.15. The van der Waals surface area contributed by atoms with Gasteiger partial charge in [0.25, 0.3) is 5.91 Å². The first-order chi connectivity index (χ1) is 17.7. The molecule has 1 aliphatic rings. The van der Waals surface area contributed by atoms with Gasteiger partial charge in [-0.25, -0.2) is 8.78 Å². The molecule has 0 spiro atoms. The van der Waals surface area contributed by atoms with E-state index in [0.717, 1.165) is 11.1 Å². The zero-order valence-corrected chi connectivity index (χ0v) is 20.9. The highest BCUT2D eigenvalue weighted by atomic mass is 19.2. The number of hydrogen-bond acceptors (Lipinski definition) is 4. The molecule has 1 aromatic heterocycles. The SMILES string of the molecule is CCOc1c(F)c(F)cc(C(=O)N2CCC(c3ccc(NC(=O)C(C)n4cc(C)cn4)cc3)CC2)c1F. The van der Waals surface area contributed by atoms with Crippen molar-refractivity contribution in [2.24, 2.45) is 0 Å². The van der Waals surface area contributed by atoms with Gasteiger partial charge in [-0.1, -0.05) is 12.1 Å². The highest BCUT2D eigenvalue weighted by molar-refractivity contribution is 5.95. The molecule has 10 heteroatoms. The number of anilines is 1. The summed E-state index contributed by atoms with van der Waals surface area (Å²) < 4.78 is 49.1. The number of hydrogen-bond donors (Lipinski definition) is 1. The molecule has 1 atom stereocenters. The van der Waals surface area contributed by atoms with Crippen molar-refractivity contribution in [2.75, 3.05) is 25.0 Å². The maximum absolute atomic E-state index is 14.7. The van der Waals surface area contributed by atoms with Gasteiger partial charge >= 0.3 is 0 Å². The quantitative estimate of drug-likeness (QED) is 0.439. The standard InChI is InChI=1S/C27H29F3N4O3/c1-4-37-25-23(29)21(13-22(28)24(25)30)27(36)33-11-9-19(10-12-33)18-5-7-20(8-6-18)32-26(35)17(3)34-15-16(2)14-31-34/h5-8,13-15,17,19H,4,9-12H2,1-3H3,(H,32,35). The zero-order chi connectivity index (χ0) is 26.7. The maximum atomic E-state index is 14.7. The number of nitrogens with zero attached hydrogens (tertiary/aromatic N) is 3. The third-order valence-electron chi connectivity index (χ3n) is 6.57. The van der Waals surface area contributed by atoms with Crippen molar-refractivity contribution in [1.82, 2.24) is 14.7 Å². The van der Waals surface area contributed by atoms with Crippen LogP contribution in [0.4, 0.5) is 18.9 Å². The Morgan fingerprint density at radius 2 is 1.81 bits per heavy atom. The third kappa shape index (κ3) is 5.63. The molecule has 1 aliphatic heterocycles. The molecule has 1 saturated heterocycles. The van der Waals surface area contributed by atoms with Crippen molar-refractivity contribution in [1.29, 1.82) is 0 Å². The molecule has 7 nitrogen and oxygen atoms in total. The van der Waals surface area contributed by atoms with Crippen LogP contribution in [0.2, 0.25) is 0 Å². The number of ether oxygens (including phenoxy) is 1. The molecule has 2 amide bonds. The molecule has 1 N–H and O–H groups in total. The van der Waals surface area contributed by atoms with Gasteiger partial charge in [0.2, 0.25) is 11.7 Å². The summed E-state index contributed by atoms with van der Waals surface area (Å²) in [4.78, 5) is 26.9. The number of nitrogens with one attached hydrogen (secondary N) is 1. The molecular weight excluding hydrogens is 485 g/mol. The molecule has 0 aliphatic carbocycles. The lowest BCUT2D eigenvalue weighted by molar-refractivity contribution is -0.119. The Bertz CT molecular complexity index is 1280. The number of amides is 2. The number of benzene rings is 2. The minimum absolute atomic E-state index is 0.0676. The number of aromatic nitrogens is 2. The summed E-state index contributed by atoms with van der Waals surface area (Å²) in [7, 11) is 0. The summed E-state index contributed by atoms with van der Waals surface area (Å²) in [6, 6.07) is 7.66. The van der Waals surface area contributed by atoms with E-state index in [-0.39, 0.29) is 18.4 Å². The van der Waals surface area contributed by atoms with Crippen LogP contribution in [0.1, 0.15) is 60.1 Å². The first-order valence-corrected chi connectivity index (χ1v) is 12.2. The largest absolute Gasteiger partial charge is 0.488 e. The van der Waals surface area contributed by atoms with Crippen LogP contribution < -0.4 is 10.1 Å². The van der Waals surface area contributed by atoms with Crippen molar-refractivity contribution in [3.63, 3.8) is 0 Å². The molecule has 2 heterocycles. The molecule has 3 aromatic rings. The number of carbonyl (C=O) groups is 2. The van der Waals surface area contributed by atoms with Crippen molar-refractivity contribution in [3.8, 4) is 5.75 Å². The van der Waals surface area contributed by atoms with Crippen molar-refractivity contribution in [3.05, 3.63) is 76.9 Å². The summed E-state index contributed by atoms with van der Waals surface area (Å²) in [6.07, 6.45) is 4.75. The molecule has 1 unspecified atom stereocenters. The van der Waals surface area contributed by atoms with Gasteiger partial charge in [0.15, 0.2) is 17.4 Å². The van der Waals surface area contributed by atoms with Gasteiger partial charge in [0.1, 0.15) is 6.04 Å². The van der Waals surface area contributed by atoms with E-state index in [9.17, 15) is 22.8 Å². The fraction of sp³-hybridized carbons (Fsp3) is 0.370. The summed E-state index contributed by atoms with van der Waals surface area (Å²) in [6.45, 7) is 5.80. The predicted molar refractivity (Wildman–Crippen MR) is 132 cm³/mol. The lowest BCUT2D eigenvalue weighted by Crippen LogP contribution is -2.38. The first-order valence-electron chi connectivity index (χ1n) is 12.2. The maximum Gasteiger partial charge on any atom is 0.257 e. The number of piperidine rings is 1. The fourth-order valence-electron chi connectivity index (χ4n) is 4.44. The van der Waals surface area contributed by atoms with Crippen molar-refractivity contribution >= 4 is 17.5 Å². The Kier molecular flexibility index (Phi) is 7.85. The van der Waals surface area contributed by atoms with Gasteiger partial charge in [-0.2, -0.15) is 9.49 Å². The highest BCUT2D eigenvalue weighted by Crippen LogP contribution is 2.32. The van der Waals surface area contributed by atoms with Gasteiger partial charge in [-0.3, -0.25) is 14.3 Å². The monoisotopic (exact) mass is 514 g/mol. The van der Waals surface area contributed by atoms with Gasteiger partial charge in [0.05, 0.1) is 18.4 Å². The van der Waals surface area contributed by atoms with E-state index >= 15 is 0 Å². The van der Waals surface area contributed by atoms with Gasteiger partial charge in [-0.15, -0.1) is 0 Å². The van der Waals surface area contributed by atoms with Crippen LogP contribution in [-0.2, 0) is 4.79 Å². The Hall–Kier alpha value is -3.82. The van der Waals surface area contributed by atoms with E-state index < -0.39 is 40.7 Å². The summed E-state index contributed by atoms with van der Waals surface area (Å²) in [5.74, 6) is -5.56. The fourth-order valence-corrected chi connectivity index (χ4v) is 4.44. The lowest BCUT2D eigenvalue weighted by Gasteiger charge is -2.32. The normalized spacial score (nSPS) is 14.9. The van der Waals surface area contributed by atoms with Crippen molar-refractivity contribution < 1.29 is 27.5 Å². The number of carbonyl (C=O) groups excluding carboxylic acids is 2. The van der Waals surface area contributed by atoms with E-state index in [0.29, 0.717) is 37.7 Å². The zero-order valence-electron chi connectivity index (χ0n) is 20.9. The minimum Gasteiger partial charge on any atom is -0.488 e. The predicted octanol–water partition coefficient (Wildman–Crippen LogP) is 5.23. The van der Waals surface area contributed by atoms with Crippen LogP contribution in [0.25, 0.3) is 0 Å². The second kappa shape index (κ2) is 11.1. The topological polar surface area (TPSA) is 76.5 Å². The molecule has 37 heavy (non-hydrogen) atoms. The molecule has 0 radical (unpaired) electrons. The van der Waals surface area contributed by atoms with E-state index in [2.05, 4.69) is 10.4 Å². The molecule has 0 bridgehead atoms. The smallest absolute Gasteiger partial charge is 0.257 e. The minimum atomic E-state index is -1.44. The van der Waals surface area contributed by atoms with Crippen LogP contribution in [0, 0.1) is 24.4 Å². The van der Waals surface area contributed by atoms with Crippen LogP contribution >= 0.6 is 0 Å². The molecule has 2 aromatic carbocycles. The van der Waals surface area contributed by atoms with E-state index in [4.69, 9.17) is 4.74 Å².